The summed E-state index contributed by atoms with van der Waals surface area (Å²) in [5.74, 6) is 0.1000. The third kappa shape index (κ3) is 4.75. The summed E-state index contributed by atoms with van der Waals surface area (Å²) in [5, 5.41) is 8.02. The molecule has 2 aliphatic rings. The number of hydrogen-bond acceptors (Lipinski definition) is 4. The highest BCUT2D eigenvalue weighted by Gasteiger charge is 2.33. The van der Waals surface area contributed by atoms with E-state index in [1.54, 1.807) is 0 Å². The SMILES string of the molecule is O=C(NC1CCN1)C(CC1CC1)n1cccc(NCC(F)(F)F)c1=O. The summed E-state index contributed by atoms with van der Waals surface area (Å²) in [5.41, 5.74) is -0.774. The van der Waals surface area contributed by atoms with E-state index in [0.29, 0.717) is 12.3 Å². The maximum Gasteiger partial charge on any atom is 0.405 e. The summed E-state index contributed by atoms with van der Waals surface area (Å²) in [7, 11) is 0. The molecule has 2 heterocycles. The highest BCUT2D eigenvalue weighted by molar-refractivity contribution is 5.80. The van der Waals surface area contributed by atoms with E-state index in [1.807, 2.05) is 0 Å². The van der Waals surface area contributed by atoms with Crippen molar-refractivity contribution in [1.29, 1.82) is 0 Å². The van der Waals surface area contributed by atoms with Crippen LogP contribution in [0.1, 0.15) is 31.7 Å². The van der Waals surface area contributed by atoms with Gasteiger partial charge in [0.05, 0.1) is 6.17 Å². The summed E-state index contributed by atoms with van der Waals surface area (Å²) in [6.07, 6.45) is 0.288. The van der Waals surface area contributed by atoms with Crippen molar-refractivity contribution in [3.63, 3.8) is 0 Å². The van der Waals surface area contributed by atoms with Crippen LogP contribution in [-0.2, 0) is 4.79 Å². The van der Waals surface area contributed by atoms with E-state index in [9.17, 15) is 22.8 Å². The van der Waals surface area contributed by atoms with Crippen molar-refractivity contribution in [3.8, 4) is 0 Å². The van der Waals surface area contributed by atoms with Crippen molar-refractivity contribution in [3.05, 3.63) is 28.7 Å². The molecule has 1 aliphatic heterocycles. The molecule has 2 atom stereocenters. The number of carbonyl (C=O) groups is 1. The average molecular weight is 358 g/mol. The zero-order chi connectivity index (χ0) is 18.0. The highest BCUT2D eigenvalue weighted by atomic mass is 19.4. The molecule has 1 saturated carbocycles. The van der Waals surface area contributed by atoms with Crippen LogP contribution in [0.4, 0.5) is 18.9 Å². The van der Waals surface area contributed by atoms with Gasteiger partial charge in [-0.2, -0.15) is 13.2 Å². The molecule has 1 aromatic rings. The highest BCUT2D eigenvalue weighted by Crippen LogP contribution is 2.36. The number of anilines is 1. The summed E-state index contributed by atoms with van der Waals surface area (Å²) < 4.78 is 38.4. The molecule has 25 heavy (non-hydrogen) atoms. The Morgan fingerprint density at radius 2 is 2.08 bits per heavy atom. The second-order valence-electron chi connectivity index (χ2n) is 6.60. The van der Waals surface area contributed by atoms with E-state index in [2.05, 4.69) is 16.0 Å². The second kappa shape index (κ2) is 7.07. The number of rotatable bonds is 7. The van der Waals surface area contributed by atoms with Crippen LogP contribution in [0.3, 0.4) is 0 Å². The molecular weight excluding hydrogens is 337 g/mol. The topological polar surface area (TPSA) is 75.2 Å². The lowest BCUT2D eigenvalue weighted by molar-refractivity contribution is -0.126. The van der Waals surface area contributed by atoms with Gasteiger partial charge in [-0.1, -0.05) is 12.8 Å². The van der Waals surface area contributed by atoms with Crippen molar-refractivity contribution in [2.45, 2.75) is 44.1 Å². The molecule has 3 N–H and O–H groups in total. The summed E-state index contributed by atoms with van der Waals surface area (Å²) in [6.45, 7) is -0.466. The normalized spacial score (nSPS) is 21.3. The maximum absolute atomic E-state index is 12.6. The number of nitrogens with one attached hydrogen (secondary N) is 3. The molecule has 0 spiro atoms. The Hall–Kier alpha value is -2.03. The van der Waals surface area contributed by atoms with Gasteiger partial charge in [-0.25, -0.2) is 0 Å². The lowest BCUT2D eigenvalue weighted by Gasteiger charge is -2.30. The van der Waals surface area contributed by atoms with Gasteiger partial charge in [0.15, 0.2) is 0 Å². The van der Waals surface area contributed by atoms with Gasteiger partial charge < -0.3 is 15.2 Å². The summed E-state index contributed by atoms with van der Waals surface area (Å²) in [6, 6.07) is 2.06. The largest absolute Gasteiger partial charge is 0.405 e. The second-order valence-corrected chi connectivity index (χ2v) is 6.60. The van der Waals surface area contributed by atoms with Crippen LogP contribution in [-0.4, -0.2) is 35.9 Å². The predicted molar refractivity (Wildman–Crippen MR) is 86.2 cm³/mol. The van der Waals surface area contributed by atoms with Crippen molar-refractivity contribution in [2.24, 2.45) is 5.92 Å². The van der Waals surface area contributed by atoms with Crippen molar-refractivity contribution >= 4 is 11.6 Å². The number of carbonyl (C=O) groups excluding carboxylic acids is 1. The van der Waals surface area contributed by atoms with E-state index >= 15 is 0 Å². The fraction of sp³-hybridized carbons (Fsp3) is 0.625. The van der Waals surface area contributed by atoms with Crippen LogP contribution in [0.25, 0.3) is 0 Å². The molecule has 2 unspecified atom stereocenters. The fourth-order valence-electron chi connectivity index (χ4n) is 2.78. The third-order valence-electron chi connectivity index (χ3n) is 4.49. The van der Waals surface area contributed by atoms with Crippen LogP contribution in [0.5, 0.6) is 0 Å². The minimum atomic E-state index is -4.42. The fourth-order valence-corrected chi connectivity index (χ4v) is 2.78. The first-order chi connectivity index (χ1) is 11.8. The number of aromatic nitrogens is 1. The van der Waals surface area contributed by atoms with E-state index in [1.165, 1.54) is 22.9 Å². The lowest BCUT2D eigenvalue weighted by Crippen LogP contribution is -2.56. The maximum atomic E-state index is 12.6. The van der Waals surface area contributed by atoms with Gasteiger partial charge >= 0.3 is 6.18 Å². The molecule has 0 radical (unpaired) electrons. The van der Waals surface area contributed by atoms with Crippen molar-refractivity contribution in [1.82, 2.24) is 15.2 Å². The van der Waals surface area contributed by atoms with Gasteiger partial charge in [-0.15, -0.1) is 0 Å². The average Bonchev–Trinajstić information content (AvgIpc) is 3.31. The molecule has 1 saturated heterocycles. The number of amides is 1. The Labute approximate surface area is 142 Å². The summed E-state index contributed by atoms with van der Waals surface area (Å²) >= 11 is 0. The Morgan fingerprint density at radius 3 is 2.64 bits per heavy atom. The van der Waals surface area contributed by atoms with Gasteiger partial charge in [0.25, 0.3) is 5.56 Å². The Morgan fingerprint density at radius 1 is 1.36 bits per heavy atom. The molecule has 1 amide bonds. The molecule has 138 valence electrons. The Kier molecular flexibility index (Phi) is 5.03. The van der Waals surface area contributed by atoms with Crippen LogP contribution in [0, 0.1) is 5.92 Å². The monoisotopic (exact) mass is 358 g/mol. The quantitative estimate of drug-likeness (QED) is 0.692. The van der Waals surface area contributed by atoms with Gasteiger partial charge in [-0.05, 0) is 30.9 Å². The molecule has 1 aromatic heterocycles. The molecular formula is C16H21F3N4O2. The Bertz CT molecular complexity index is 681. The number of nitrogens with zero attached hydrogens (tertiary/aromatic N) is 1. The molecule has 0 bridgehead atoms. The number of hydrogen-bond donors (Lipinski definition) is 3. The number of pyridine rings is 1. The van der Waals surface area contributed by atoms with Crippen LogP contribution in [0.2, 0.25) is 0 Å². The minimum absolute atomic E-state index is 0.101. The zero-order valence-electron chi connectivity index (χ0n) is 13.6. The van der Waals surface area contributed by atoms with Gasteiger partial charge in [0.1, 0.15) is 18.3 Å². The zero-order valence-corrected chi connectivity index (χ0v) is 13.6. The third-order valence-corrected chi connectivity index (χ3v) is 4.49. The van der Waals surface area contributed by atoms with Gasteiger partial charge in [-0.3, -0.25) is 14.9 Å². The molecule has 1 aliphatic carbocycles. The van der Waals surface area contributed by atoms with Gasteiger partial charge in [0, 0.05) is 12.7 Å². The smallest absolute Gasteiger partial charge is 0.372 e. The lowest BCUT2D eigenvalue weighted by atomic mass is 10.1. The van der Waals surface area contributed by atoms with E-state index in [4.69, 9.17) is 0 Å². The first-order valence-corrected chi connectivity index (χ1v) is 8.39. The number of alkyl halides is 3. The van der Waals surface area contributed by atoms with Crippen LogP contribution >= 0.6 is 0 Å². The van der Waals surface area contributed by atoms with Crippen molar-refractivity contribution in [2.75, 3.05) is 18.4 Å². The standard InChI is InChI=1S/C16H21F3N4O2/c17-16(18,19)9-21-11-2-1-7-23(15(11)25)12(8-10-3-4-10)14(24)22-13-5-6-20-13/h1-2,7,10,12-13,20-21H,3-6,8-9H2,(H,22,24). The van der Waals surface area contributed by atoms with Crippen LogP contribution in [0.15, 0.2) is 23.1 Å². The minimum Gasteiger partial charge on any atom is -0.372 e. The molecule has 9 heteroatoms. The first kappa shape index (κ1) is 17.8. The van der Waals surface area contributed by atoms with E-state index in [-0.39, 0.29) is 17.8 Å². The summed E-state index contributed by atoms with van der Waals surface area (Å²) in [4.78, 5) is 25.1. The molecule has 2 fully saturated rings. The number of halogens is 3. The van der Waals surface area contributed by atoms with E-state index < -0.39 is 24.3 Å². The molecule has 3 rings (SSSR count). The first-order valence-electron chi connectivity index (χ1n) is 8.39. The Balaban J connectivity index is 1.79. The van der Waals surface area contributed by atoms with E-state index in [0.717, 1.165) is 25.8 Å². The van der Waals surface area contributed by atoms with Crippen LogP contribution < -0.4 is 21.5 Å². The van der Waals surface area contributed by atoms with Gasteiger partial charge in [0.2, 0.25) is 5.91 Å². The molecule has 6 nitrogen and oxygen atoms in total. The molecule has 0 aromatic carbocycles. The predicted octanol–water partition coefficient (Wildman–Crippen LogP) is 1.60. The van der Waals surface area contributed by atoms with Crippen molar-refractivity contribution < 1.29 is 18.0 Å².